The summed E-state index contributed by atoms with van der Waals surface area (Å²) in [6.45, 7) is 2.61. The maximum Gasteiger partial charge on any atom is 0.291 e. The maximum absolute atomic E-state index is 13.6. The number of amides is 1. The van der Waals surface area contributed by atoms with Gasteiger partial charge in [0.25, 0.3) is 5.91 Å². The zero-order valence-electron chi connectivity index (χ0n) is 21.8. The highest BCUT2D eigenvalue weighted by Crippen LogP contribution is 2.27. The Bertz CT molecular complexity index is 1520. The SMILES string of the molecule is CC#CCOc1ccc(S(=O)(=O)N2CCC(C(=O)N(O)O)N(S(=O)(=O)c3ccc(OCC#CC)cc3)CC2)cc1. The number of benzene rings is 2. The molecular formula is C26H29N3O9S2. The van der Waals surface area contributed by atoms with E-state index >= 15 is 0 Å². The molecule has 0 saturated carbocycles. The van der Waals surface area contributed by atoms with Gasteiger partial charge in [0.15, 0.2) is 0 Å². The van der Waals surface area contributed by atoms with Crippen LogP contribution in [0.25, 0.3) is 0 Å². The number of ether oxygens (including phenoxy) is 2. The molecule has 1 saturated heterocycles. The van der Waals surface area contributed by atoms with Crippen LogP contribution in [0.4, 0.5) is 0 Å². The fourth-order valence-corrected chi connectivity index (χ4v) is 6.93. The summed E-state index contributed by atoms with van der Waals surface area (Å²) in [7, 11) is -8.47. The smallest absolute Gasteiger partial charge is 0.291 e. The lowest BCUT2D eigenvalue weighted by atomic mass is 10.2. The molecule has 0 radical (unpaired) electrons. The Morgan fingerprint density at radius 1 is 0.825 bits per heavy atom. The zero-order chi connectivity index (χ0) is 29.3. The number of hydrogen-bond donors (Lipinski definition) is 2. The third-order valence-electron chi connectivity index (χ3n) is 5.92. The van der Waals surface area contributed by atoms with Crippen LogP contribution >= 0.6 is 0 Å². The summed E-state index contributed by atoms with van der Waals surface area (Å²) in [6.07, 6.45) is -0.331. The lowest BCUT2D eigenvalue weighted by molar-refractivity contribution is -0.287. The van der Waals surface area contributed by atoms with Crippen molar-refractivity contribution in [3.8, 4) is 35.2 Å². The van der Waals surface area contributed by atoms with E-state index in [-0.39, 0.29) is 42.5 Å². The number of carbonyl (C=O) groups is 1. The van der Waals surface area contributed by atoms with Gasteiger partial charge in [-0.3, -0.25) is 15.2 Å². The predicted molar refractivity (Wildman–Crippen MR) is 142 cm³/mol. The molecule has 0 spiro atoms. The van der Waals surface area contributed by atoms with Gasteiger partial charge in [-0.25, -0.2) is 16.8 Å². The molecule has 1 unspecified atom stereocenters. The number of rotatable bonds is 9. The molecule has 0 aliphatic carbocycles. The van der Waals surface area contributed by atoms with Crippen LogP contribution in [0, 0.1) is 23.7 Å². The van der Waals surface area contributed by atoms with Crippen molar-refractivity contribution in [2.24, 2.45) is 0 Å². The summed E-state index contributed by atoms with van der Waals surface area (Å²) >= 11 is 0. The van der Waals surface area contributed by atoms with Crippen LogP contribution < -0.4 is 9.47 Å². The summed E-state index contributed by atoms with van der Waals surface area (Å²) in [4.78, 5) is 12.4. The van der Waals surface area contributed by atoms with E-state index in [1.165, 1.54) is 48.5 Å². The van der Waals surface area contributed by atoms with Gasteiger partial charge in [-0.15, -0.1) is 11.8 Å². The molecule has 1 atom stereocenters. The van der Waals surface area contributed by atoms with E-state index in [2.05, 4.69) is 23.7 Å². The minimum Gasteiger partial charge on any atom is -0.481 e. The van der Waals surface area contributed by atoms with Gasteiger partial charge in [0, 0.05) is 19.6 Å². The van der Waals surface area contributed by atoms with Gasteiger partial charge in [-0.1, -0.05) is 17.1 Å². The molecule has 2 aromatic carbocycles. The quantitative estimate of drug-likeness (QED) is 0.251. The number of hydrogen-bond acceptors (Lipinski definition) is 9. The summed E-state index contributed by atoms with van der Waals surface area (Å²) in [6, 6.07) is 9.46. The summed E-state index contributed by atoms with van der Waals surface area (Å²) in [5.74, 6) is 10.3. The number of sulfonamides is 2. The topological polar surface area (TPSA) is 154 Å². The van der Waals surface area contributed by atoms with E-state index < -0.39 is 43.8 Å². The van der Waals surface area contributed by atoms with Crippen molar-refractivity contribution < 1.29 is 41.5 Å². The van der Waals surface area contributed by atoms with E-state index in [0.29, 0.717) is 11.5 Å². The molecule has 214 valence electrons. The number of hydroxylamine groups is 2. The van der Waals surface area contributed by atoms with Crippen molar-refractivity contribution in [2.75, 3.05) is 32.8 Å². The minimum atomic E-state index is -4.37. The predicted octanol–water partition coefficient (Wildman–Crippen LogP) is 1.55. The highest BCUT2D eigenvalue weighted by Gasteiger charge is 2.41. The van der Waals surface area contributed by atoms with Gasteiger partial charge in [0.2, 0.25) is 20.0 Å². The Balaban J connectivity index is 1.86. The van der Waals surface area contributed by atoms with Gasteiger partial charge < -0.3 is 9.47 Å². The first-order chi connectivity index (χ1) is 19.0. The van der Waals surface area contributed by atoms with Crippen LogP contribution in [-0.4, -0.2) is 85.9 Å². The largest absolute Gasteiger partial charge is 0.481 e. The van der Waals surface area contributed by atoms with Crippen molar-refractivity contribution in [2.45, 2.75) is 36.1 Å². The van der Waals surface area contributed by atoms with Gasteiger partial charge in [-0.05, 0) is 68.8 Å². The average molecular weight is 592 g/mol. The van der Waals surface area contributed by atoms with E-state index in [1.807, 2.05) is 0 Å². The molecule has 2 aromatic rings. The summed E-state index contributed by atoms with van der Waals surface area (Å²) < 4.78 is 66.5. The molecule has 3 rings (SSSR count). The molecule has 1 heterocycles. The van der Waals surface area contributed by atoms with Crippen LogP contribution in [-0.2, 0) is 24.8 Å². The maximum atomic E-state index is 13.6. The molecule has 1 amide bonds. The zero-order valence-corrected chi connectivity index (χ0v) is 23.5. The van der Waals surface area contributed by atoms with Crippen LogP contribution in [0.15, 0.2) is 58.3 Å². The second-order valence-corrected chi connectivity index (χ2v) is 12.2. The van der Waals surface area contributed by atoms with Crippen molar-refractivity contribution >= 4 is 26.0 Å². The minimum absolute atomic E-state index is 0.0603. The lowest BCUT2D eigenvalue weighted by Gasteiger charge is -2.28. The number of nitrogens with zero attached hydrogens (tertiary/aromatic N) is 3. The second kappa shape index (κ2) is 13.6. The standard InChI is InChI=1S/C26H29N3O9S2/c1-3-5-19-37-21-7-11-23(12-8-21)39(33,34)27-16-15-25(26(30)29(31)32)28(18-17-27)40(35,36)24-13-9-22(10-14-24)38-20-6-4-2/h7-14,25,31-32H,15-20H2,1-2H3. The van der Waals surface area contributed by atoms with Crippen LogP contribution in [0.3, 0.4) is 0 Å². The molecule has 40 heavy (non-hydrogen) atoms. The molecule has 2 N–H and O–H groups in total. The van der Waals surface area contributed by atoms with E-state index in [1.54, 1.807) is 13.8 Å². The molecule has 12 nitrogen and oxygen atoms in total. The van der Waals surface area contributed by atoms with Gasteiger partial charge in [-0.2, -0.15) is 8.61 Å². The molecule has 1 aliphatic rings. The second-order valence-electron chi connectivity index (χ2n) is 8.33. The Labute approximate surface area is 233 Å². The highest BCUT2D eigenvalue weighted by molar-refractivity contribution is 7.89. The van der Waals surface area contributed by atoms with Gasteiger partial charge in [0.05, 0.1) is 9.79 Å². The third-order valence-corrected chi connectivity index (χ3v) is 9.75. The first-order valence-corrected chi connectivity index (χ1v) is 14.9. The summed E-state index contributed by atoms with van der Waals surface area (Å²) in [5, 5.41) is 18.1. The van der Waals surface area contributed by atoms with Crippen LogP contribution in [0.5, 0.6) is 11.5 Å². The normalized spacial score (nSPS) is 16.4. The molecule has 0 bridgehead atoms. The van der Waals surface area contributed by atoms with E-state index in [4.69, 9.17) is 9.47 Å². The Morgan fingerprint density at radius 2 is 1.30 bits per heavy atom. The fraction of sp³-hybridized carbons (Fsp3) is 0.346. The first-order valence-electron chi connectivity index (χ1n) is 12.0. The highest BCUT2D eigenvalue weighted by atomic mass is 32.2. The Hall–Kier alpha value is -3.63. The molecule has 1 fully saturated rings. The number of carbonyl (C=O) groups excluding carboxylic acids is 1. The monoisotopic (exact) mass is 591 g/mol. The summed E-state index contributed by atoms with van der Waals surface area (Å²) in [5.41, 5.74) is 0. The lowest BCUT2D eigenvalue weighted by Crippen LogP contribution is -2.49. The molecule has 0 aromatic heterocycles. The first kappa shape index (κ1) is 30.9. The van der Waals surface area contributed by atoms with E-state index in [9.17, 15) is 32.0 Å². The van der Waals surface area contributed by atoms with Gasteiger partial charge >= 0.3 is 0 Å². The Kier molecular flexibility index (Phi) is 10.5. The molecule has 1 aliphatic heterocycles. The van der Waals surface area contributed by atoms with Crippen molar-refractivity contribution in [3.63, 3.8) is 0 Å². The third kappa shape index (κ3) is 7.31. The van der Waals surface area contributed by atoms with E-state index in [0.717, 1.165) is 8.61 Å². The fourth-order valence-electron chi connectivity index (χ4n) is 3.88. The van der Waals surface area contributed by atoms with Crippen molar-refractivity contribution in [1.82, 2.24) is 13.8 Å². The molecular weight excluding hydrogens is 562 g/mol. The Morgan fingerprint density at radius 3 is 1.75 bits per heavy atom. The average Bonchev–Trinajstić information content (AvgIpc) is 3.18. The van der Waals surface area contributed by atoms with Crippen LogP contribution in [0.2, 0.25) is 0 Å². The van der Waals surface area contributed by atoms with Crippen molar-refractivity contribution in [1.29, 1.82) is 0 Å². The molecule has 14 heteroatoms. The van der Waals surface area contributed by atoms with Crippen LogP contribution in [0.1, 0.15) is 20.3 Å². The van der Waals surface area contributed by atoms with Gasteiger partial charge in [0.1, 0.15) is 30.8 Å². The van der Waals surface area contributed by atoms with Crippen molar-refractivity contribution in [3.05, 3.63) is 48.5 Å².